The van der Waals surface area contributed by atoms with Crippen LogP contribution in [0.5, 0.6) is 0 Å². The molecule has 2 nitrogen and oxygen atoms in total. The third kappa shape index (κ3) is 1.80. The first-order chi connectivity index (χ1) is 6.42. The molecular weight excluding hydrogens is 174 g/mol. The Labute approximate surface area is 86.0 Å². The summed E-state index contributed by atoms with van der Waals surface area (Å²) in [6.07, 6.45) is 2.49. The third-order valence-electron chi connectivity index (χ3n) is 3.34. The zero-order chi connectivity index (χ0) is 10.8. The van der Waals surface area contributed by atoms with Gasteiger partial charge in [0.05, 0.1) is 5.60 Å². The molecule has 0 bridgehead atoms. The van der Waals surface area contributed by atoms with E-state index in [1.54, 1.807) is 6.20 Å². The number of pyridine rings is 1. The van der Waals surface area contributed by atoms with Gasteiger partial charge in [-0.05, 0) is 25.5 Å². The summed E-state index contributed by atoms with van der Waals surface area (Å²) < 4.78 is 0. The minimum atomic E-state index is -0.721. The van der Waals surface area contributed by atoms with Crippen molar-refractivity contribution in [2.24, 2.45) is 0 Å². The van der Waals surface area contributed by atoms with Crippen molar-refractivity contribution in [3.05, 3.63) is 30.1 Å². The van der Waals surface area contributed by atoms with E-state index in [1.165, 1.54) is 0 Å². The molecule has 1 aromatic heterocycles. The predicted octanol–water partition coefficient (Wildman–Crippen LogP) is 2.52. The standard InChI is InChI=1S/C12H19NO/c1-5-12(4,14)11(2,3)10-8-6-7-9-13-10/h6-9,14H,5H2,1-4H3. The van der Waals surface area contributed by atoms with Crippen molar-refractivity contribution < 1.29 is 5.11 Å². The number of hydrogen-bond donors (Lipinski definition) is 1. The van der Waals surface area contributed by atoms with Crippen molar-refractivity contribution in [1.82, 2.24) is 4.98 Å². The lowest BCUT2D eigenvalue weighted by Gasteiger charge is -2.39. The van der Waals surface area contributed by atoms with Gasteiger partial charge in [-0.15, -0.1) is 0 Å². The van der Waals surface area contributed by atoms with Gasteiger partial charge < -0.3 is 5.11 Å². The van der Waals surface area contributed by atoms with E-state index in [1.807, 2.05) is 45.9 Å². The maximum Gasteiger partial charge on any atom is 0.0723 e. The average Bonchev–Trinajstić information content (AvgIpc) is 2.19. The maximum atomic E-state index is 10.3. The van der Waals surface area contributed by atoms with Crippen molar-refractivity contribution in [2.75, 3.05) is 0 Å². The Kier molecular flexibility index (Phi) is 2.95. The lowest BCUT2D eigenvalue weighted by molar-refractivity contribution is -0.0137. The van der Waals surface area contributed by atoms with Crippen LogP contribution < -0.4 is 0 Å². The third-order valence-corrected chi connectivity index (χ3v) is 3.34. The molecule has 1 atom stereocenters. The molecule has 0 saturated carbocycles. The van der Waals surface area contributed by atoms with Crippen LogP contribution in [0.3, 0.4) is 0 Å². The Morgan fingerprint density at radius 1 is 1.29 bits per heavy atom. The van der Waals surface area contributed by atoms with Crippen molar-refractivity contribution in [1.29, 1.82) is 0 Å². The van der Waals surface area contributed by atoms with E-state index in [4.69, 9.17) is 0 Å². The highest BCUT2D eigenvalue weighted by molar-refractivity contribution is 5.19. The summed E-state index contributed by atoms with van der Waals surface area (Å²) in [6.45, 7) is 7.91. The number of aliphatic hydroxyl groups is 1. The van der Waals surface area contributed by atoms with Gasteiger partial charge in [-0.1, -0.05) is 26.8 Å². The van der Waals surface area contributed by atoms with Gasteiger partial charge in [-0.2, -0.15) is 0 Å². The van der Waals surface area contributed by atoms with E-state index in [2.05, 4.69) is 4.98 Å². The van der Waals surface area contributed by atoms with Gasteiger partial charge in [0.1, 0.15) is 0 Å². The molecule has 0 aliphatic rings. The van der Waals surface area contributed by atoms with Gasteiger partial charge >= 0.3 is 0 Å². The Hall–Kier alpha value is -0.890. The fraction of sp³-hybridized carbons (Fsp3) is 0.583. The molecule has 1 heterocycles. The number of nitrogens with zero attached hydrogens (tertiary/aromatic N) is 1. The molecule has 1 aromatic rings. The largest absolute Gasteiger partial charge is 0.389 e. The van der Waals surface area contributed by atoms with Crippen LogP contribution in [0.25, 0.3) is 0 Å². The summed E-state index contributed by atoms with van der Waals surface area (Å²) in [7, 11) is 0. The quantitative estimate of drug-likeness (QED) is 0.800. The molecule has 2 heteroatoms. The van der Waals surface area contributed by atoms with Gasteiger partial charge in [0, 0.05) is 17.3 Å². The molecule has 0 aromatic carbocycles. The fourth-order valence-corrected chi connectivity index (χ4v) is 1.45. The van der Waals surface area contributed by atoms with Gasteiger partial charge in [0.25, 0.3) is 0 Å². The van der Waals surface area contributed by atoms with Crippen LogP contribution in [-0.2, 0) is 5.41 Å². The van der Waals surface area contributed by atoms with E-state index >= 15 is 0 Å². The molecule has 0 aliphatic heterocycles. The molecule has 1 N–H and O–H groups in total. The zero-order valence-corrected chi connectivity index (χ0v) is 9.41. The van der Waals surface area contributed by atoms with E-state index < -0.39 is 5.60 Å². The molecule has 0 radical (unpaired) electrons. The van der Waals surface area contributed by atoms with Gasteiger partial charge in [0.15, 0.2) is 0 Å². The summed E-state index contributed by atoms with van der Waals surface area (Å²) in [4.78, 5) is 4.30. The molecule has 78 valence electrons. The minimum absolute atomic E-state index is 0.316. The Morgan fingerprint density at radius 3 is 2.36 bits per heavy atom. The zero-order valence-electron chi connectivity index (χ0n) is 9.41. The lowest BCUT2D eigenvalue weighted by atomic mass is 9.72. The summed E-state index contributed by atoms with van der Waals surface area (Å²) in [5, 5.41) is 10.3. The molecule has 0 fully saturated rings. The van der Waals surface area contributed by atoms with Gasteiger partial charge in [0.2, 0.25) is 0 Å². The molecule has 1 unspecified atom stereocenters. The topological polar surface area (TPSA) is 33.1 Å². The minimum Gasteiger partial charge on any atom is -0.389 e. The van der Waals surface area contributed by atoms with Crippen LogP contribution in [0.2, 0.25) is 0 Å². The lowest BCUT2D eigenvalue weighted by Crippen LogP contribution is -2.45. The van der Waals surface area contributed by atoms with E-state index in [-0.39, 0.29) is 5.41 Å². The average molecular weight is 193 g/mol. The Morgan fingerprint density at radius 2 is 1.93 bits per heavy atom. The first-order valence-electron chi connectivity index (χ1n) is 5.05. The van der Waals surface area contributed by atoms with Crippen molar-refractivity contribution in [3.63, 3.8) is 0 Å². The molecule has 14 heavy (non-hydrogen) atoms. The molecule has 0 spiro atoms. The number of rotatable bonds is 3. The summed E-state index contributed by atoms with van der Waals surface area (Å²) in [5.41, 5.74) is -0.100. The van der Waals surface area contributed by atoms with Gasteiger partial charge in [-0.25, -0.2) is 0 Å². The predicted molar refractivity (Wildman–Crippen MR) is 58.2 cm³/mol. The van der Waals surface area contributed by atoms with E-state index in [9.17, 15) is 5.11 Å². The first kappa shape index (κ1) is 11.2. The second-order valence-corrected chi connectivity index (χ2v) is 4.47. The summed E-state index contributed by atoms with van der Waals surface area (Å²) >= 11 is 0. The van der Waals surface area contributed by atoms with Crippen LogP contribution in [0.15, 0.2) is 24.4 Å². The SMILES string of the molecule is CCC(C)(O)C(C)(C)c1ccccn1. The summed E-state index contributed by atoms with van der Waals surface area (Å²) in [6, 6.07) is 5.81. The Balaban J connectivity index is 3.08. The highest BCUT2D eigenvalue weighted by Crippen LogP contribution is 2.35. The van der Waals surface area contributed by atoms with Crippen LogP contribution in [-0.4, -0.2) is 15.7 Å². The normalized spacial score (nSPS) is 16.4. The van der Waals surface area contributed by atoms with E-state index in [0.29, 0.717) is 0 Å². The van der Waals surface area contributed by atoms with Crippen LogP contribution in [0, 0.1) is 0 Å². The molecule has 1 rings (SSSR count). The monoisotopic (exact) mass is 193 g/mol. The molecule has 0 amide bonds. The fourth-order valence-electron chi connectivity index (χ4n) is 1.45. The molecule has 0 aliphatic carbocycles. The second-order valence-electron chi connectivity index (χ2n) is 4.47. The highest BCUT2D eigenvalue weighted by Gasteiger charge is 2.40. The summed E-state index contributed by atoms with van der Waals surface area (Å²) in [5.74, 6) is 0. The Bertz CT molecular complexity index is 290. The molecule has 0 saturated heterocycles. The smallest absolute Gasteiger partial charge is 0.0723 e. The van der Waals surface area contributed by atoms with Crippen molar-refractivity contribution in [2.45, 2.75) is 45.1 Å². The number of aromatic nitrogens is 1. The van der Waals surface area contributed by atoms with Crippen LogP contribution in [0.4, 0.5) is 0 Å². The first-order valence-corrected chi connectivity index (χ1v) is 5.05. The highest BCUT2D eigenvalue weighted by atomic mass is 16.3. The van der Waals surface area contributed by atoms with Crippen molar-refractivity contribution in [3.8, 4) is 0 Å². The van der Waals surface area contributed by atoms with Crippen molar-refractivity contribution >= 4 is 0 Å². The molecular formula is C12H19NO. The maximum absolute atomic E-state index is 10.3. The van der Waals surface area contributed by atoms with E-state index in [0.717, 1.165) is 12.1 Å². The number of hydrogen-bond acceptors (Lipinski definition) is 2. The van der Waals surface area contributed by atoms with Gasteiger partial charge in [-0.3, -0.25) is 4.98 Å². The van der Waals surface area contributed by atoms with Crippen LogP contribution in [0.1, 0.15) is 39.8 Å². The second kappa shape index (κ2) is 3.70. The van der Waals surface area contributed by atoms with Crippen LogP contribution >= 0.6 is 0 Å².